The van der Waals surface area contributed by atoms with Crippen LogP contribution in [0.3, 0.4) is 0 Å². The van der Waals surface area contributed by atoms with Gasteiger partial charge in [-0.2, -0.15) is 13.2 Å². The van der Waals surface area contributed by atoms with Crippen LogP contribution in [0.15, 0.2) is 36.7 Å². The number of benzene rings is 1. The Hall–Kier alpha value is -1.86. The molecule has 142 valence electrons. The molecule has 0 spiro atoms. The van der Waals surface area contributed by atoms with E-state index in [0.29, 0.717) is 6.54 Å². The van der Waals surface area contributed by atoms with Gasteiger partial charge < -0.3 is 4.57 Å². The van der Waals surface area contributed by atoms with Crippen molar-refractivity contribution in [3.8, 4) is 0 Å². The van der Waals surface area contributed by atoms with Crippen LogP contribution in [-0.4, -0.2) is 52.1 Å². The number of hydrogen-bond acceptors (Lipinski definition) is 3. The van der Waals surface area contributed by atoms with Crippen LogP contribution in [0.4, 0.5) is 13.2 Å². The Bertz CT molecular complexity index is 703. The van der Waals surface area contributed by atoms with Gasteiger partial charge >= 0.3 is 6.18 Å². The second-order valence-corrected chi connectivity index (χ2v) is 6.71. The molecule has 2 heterocycles. The number of nitrogens with zero attached hydrogens (tertiary/aromatic N) is 4. The molecule has 0 amide bonds. The molecule has 0 saturated carbocycles. The topological polar surface area (TPSA) is 24.3 Å². The minimum atomic E-state index is -4.28. The molecule has 7 heteroatoms. The van der Waals surface area contributed by atoms with Gasteiger partial charge in [0.1, 0.15) is 5.82 Å². The van der Waals surface area contributed by atoms with Crippen LogP contribution >= 0.6 is 0 Å². The average Bonchev–Trinajstić information content (AvgIpc) is 3.08. The molecular weight excluding hydrogens is 341 g/mol. The maximum absolute atomic E-state index is 12.8. The summed E-state index contributed by atoms with van der Waals surface area (Å²) in [7, 11) is 0. The summed E-state index contributed by atoms with van der Waals surface area (Å²) >= 11 is 0. The van der Waals surface area contributed by atoms with E-state index in [1.54, 1.807) is 6.07 Å². The molecule has 4 nitrogen and oxygen atoms in total. The fourth-order valence-corrected chi connectivity index (χ4v) is 3.38. The van der Waals surface area contributed by atoms with Crippen molar-refractivity contribution in [2.75, 3.05) is 32.7 Å². The first-order valence-electron chi connectivity index (χ1n) is 9.06. The van der Waals surface area contributed by atoms with Gasteiger partial charge in [-0.3, -0.25) is 9.80 Å². The third-order valence-corrected chi connectivity index (χ3v) is 4.90. The van der Waals surface area contributed by atoms with Gasteiger partial charge in [0.25, 0.3) is 0 Å². The fraction of sp³-hybridized carbons (Fsp3) is 0.526. The Morgan fingerprint density at radius 1 is 1.04 bits per heavy atom. The molecule has 1 fully saturated rings. The lowest BCUT2D eigenvalue weighted by molar-refractivity contribution is -0.137. The predicted octanol–water partition coefficient (Wildman–Crippen LogP) is 3.28. The standard InChI is InChI=1S/C19H25F3N4/c1-2-18-23-6-7-26(18)13-12-24-8-10-25(11-9-24)15-16-4-3-5-17(14-16)19(20,21)22/h3-7,14H,2,8-13,15H2,1H3. The lowest BCUT2D eigenvalue weighted by atomic mass is 10.1. The van der Waals surface area contributed by atoms with E-state index in [1.165, 1.54) is 12.1 Å². The molecule has 0 N–H and O–H groups in total. The van der Waals surface area contributed by atoms with Crippen LogP contribution in [0.25, 0.3) is 0 Å². The molecule has 3 rings (SSSR count). The third kappa shape index (κ3) is 4.86. The molecule has 0 atom stereocenters. The second kappa shape index (κ2) is 8.22. The minimum absolute atomic E-state index is 0.569. The Labute approximate surface area is 152 Å². The zero-order valence-corrected chi connectivity index (χ0v) is 15.0. The van der Waals surface area contributed by atoms with E-state index in [2.05, 4.69) is 26.3 Å². The van der Waals surface area contributed by atoms with E-state index in [1.807, 2.05) is 12.4 Å². The molecule has 1 aliphatic heterocycles. The molecule has 1 aromatic carbocycles. The first kappa shape index (κ1) is 18.9. The summed E-state index contributed by atoms with van der Waals surface area (Å²) in [5.74, 6) is 1.10. The largest absolute Gasteiger partial charge is 0.416 e. The summed E-state index contributed by atoms with van der Waals surface area (Å²) in [4.78, 5) is 8.97. The number of alkyl halides is 3. The second-order valence-electron chi connectivity index (χ2n) is 6.71. The van der Waals surface area contributed by atoms with Crippen LogP contribution in [0.5, 0.6) is 0 Å². The number of hydrogen-bond donors (Lipinski definition) is 0. The third-order valence-electron chi connectivity index (χ3n) is 4.90. The van der Waals surface area contributed by atoms with Gasteiger partial charge in [0.2, 0.25) is 0 Å². The van der Waals surface area contributed by atoms with Crippen molar-refractivity contribution in [2.24, 2.45) is 0 Å². The van der Waals surface area contributed by atoms with Gasteiger partial charge in [-0.25, -0.2) is 4.98 Å². The van der Waals surface area contributed by atoms with E-state index in [9.17, 15) is 13.2 Å². The van der Waals surface area contributed by atoms with Crippen LogP contribution in [0, 0.1) is 0 Å². The fourth-order valence-electron chi connectivity index (χ4n) is 3.38. The van der Waals surface area contributed by atoms with Crippen LogP contribution in [0.2, 0.25) is 0 Å². The highest BCUT2D eigenvalue weighted by molar-refractivity contribution is 5.25. The van der Waals surface area contributed by atoms with Crippen molar-refractivity contribution in [3.63, 3.8) is 0 Å². The molecule has 0 aliphatic carbocycles. The highest BCUT2D eigenvalue weighted by Gasteiger charge is 2.30. The predicted molar refractivity (Wildman–Crippen MR) is 94.8 cm³/mol. The molecule has 1 saturated heterocycles. The van der Waals surface area contributed by atoms with E-state index in [4.69, 9.17) is 0 Å². The first-order chi connectivity index (χ1) is 12.5. The highest BCUT2D eigenvalue weighted by atomic mass is 19.4. The van der Waals surface area contributed by atoms with Crippen LogP contribution in [-0.2, 0) is 25.7 Å². The van der Waals surface area contributed by atoms with Gasteiger partial charge in [0, 0.05) is 64.6 Å². The Kier molecular flexibility index (Phi) is 5.98. The van der Waals surface area contributed by atoms with Crippen molar-refractivity contribution < 1.29 is 13.2 Å². The number of aryl methyl sites for hydroxylation is 1. The number of aromatic nitrogens is 2. The van der Waals surface area contributed by atoms with Crippen LogP contribution in [0.1, 0.15) is 23.9 Å². The van der Waals surface area contributed by atoms with Gasteiger partial charge in [-0.1, -0.05) is 25.1 Å². The maximum atomic E-state index is 12.8. The molecule has 0 radical (unpaired) electrons. The number of rotatable bonds is 6. The van der Waals surface area contributed by atoms with E-state index >= 15 is 0 Å². The summed E-state index contributed by atoms with van der Waals surface area (Å²) in [6, 6.07) is 5.65. The van der Waals surface area contributed by atoms with E-state index < -0.39 is 11.7 Å². The number of imidazole rings is 1. The van der Waals surface area contributed by atoms with Crippen molar-refractivity contribution in [3.05, 3.63) is 53.6 Å². The maximum Gasteiger partial charge on any atom is 0.416 e. The van der Waals surface area contributed by atoms with Crippen molar-refractivity contribution in [2.45, 2.75) is 32.6 Å². The monoisotopic (exact) mass is 366 g/mol. The van der Waals surface area contributed by atoms with E-state index in [0.717, 1.165) is 63.1 Å². The van der Waals surface area contributed by atoms with Gasteiger partial charge in [0.05, 0.1) is 5.56 Å². The molecule has 2 aromatic rings. The molecule has 26 heavy (non-hydrogen) atoms. The summed E-state index contributed by atoms with van der Waals surface area (Å²) in [6.45, 7) is 8.20. The lowest BCUT2D eigenvalue weighted by Crippen LogP contribution is -2.46. The smallest absolute Gasteiger partial charge is 0.334 e. The number of halogens is 3. The molecule has 0 bridgehead atoms. The summed E-state index contributed by atoms with van der Waals surface area (Å²) in [6.07, 6.45) is 0.506. The van der Waals surface area contributed by atoms with Gasteiger partial charge in [-0.05, 0) is 11.6 Å². The van der Waals surface area contributed by atoms with Crippen molar-refractivity contribution >= 4 is 0 Å². The van der Waals surface area contributed by atoms with Crippen molar-refractivity contribution in [1.82, 2.24) is 19.4 Å². The Morgan fingerprint density at radius 3 is 2.46 bits per heavy atom. The highest BCUT2D eigenvalue weighted by Crippen LogP contribution is 2.29. The lowest BCUT2D eigenvalue weighted by Gasteiger charge is -2.34. The van der Waals surface area contributed by atoms with Gasteiger partial charge in [0.15, 0.2) is 0 Å². The summed E-state index contributed by atoms with van der Waals surface area (Å²) in [5.41, 5.74) is 0.153. The Balaban J connectivity index is 1.47. The Morgan fingerprint density at radius 2 is 1.77 bits per heavy atom. The van der Waals surface area contributed by atoms with Gasteiger partial charge in [-0.15, -0.1) is 0 Å². The zero-order valence-electron chi connectivity index (χ0n) is 15.0. The SMILES string of the molecule is CCc1nccn1CCN1CCN(Cc2cccc(C(F)(F)F)c2)CC1. The molecule has 1 aliphatic rings. The average molecular weight is 366 g/mol. The first-order valence-corrected chi connectivity index (χ1v) is 9.06. The van der Waals surface area contributed by atoms with E-state index in [-0.39, 0.29) is 0 Å². The quantitative estimate of drug-likeness (QED) is 0.784. The zero-order chi connectivity index (χ0) is 18.6. The molecular formula is C19H25F3N4. The summed E-state index contributed by atoms with van der Waals surface area (Å²) < 4.78 is 40.7. The van der Waals surface area contributed by atoms with Crippen LogP contribution < -0.4 is 0 Å². The molecule has 0 unspecified atom stereocenters. The number of piperazine rings is 1. The van der Waals surface area contributed by atoms with Crippen molar-refractivity contribution in [1.29, 1.82) is 0 Å². The normalized spacial score (nSPS) is 16.9. The summed E-state index contributed by atoms with van der Waals surface area (Å²) in [5, 5.41) is 0. The molecule has 1 aromatic heterocycles. The minimum Gasteiger partial charge on any atom is -0.334 e.